The summed E-state index contributed by atoms with van der Waals surface area (Å²) in [5.41, 5.74) is -1.32. The molecule has 1 rings (SSSR count). The van der Waals surface area contributed by atoms with E-state index in [9.17, 15) is 21.6 Å². The molecule has 0 aromatic carbocycles. The fraction of sp³-hybridized carbons (Fsp3) is 0.286. The molecule has 0 amide bonds. The van der Waals surface area contributed by atoms with Crippen LogP contribution in [0.15, 0.2) is 11.1 Å². The van der Waals surface area contributed by atoms with Crippen molar-refractivity contribution >= 4 is 10.0 Å². The molecule has 2 N–H and O–H groups in total. The molecular formula is C7H7F3N2O3S. The van der Waals surface area contributed by atoms with Gasteiger partial charge >= 0.3 is 0 Å². The second-order valence-electron chi connectivity index (χ2n) is 2.71. The quantitative estimate of drug-likeness (QED) is 0.867. The van der Waals surface area contributed by atoms with Gasteiger partial charge in [-0.3, -0.25) is 0 Å². The van der Waals surface area contributed by atoms with E-state index in [0.29, 0.717) is 6.07 Å². The topological polar surface area (TPSA) is 82.3 Å². The van der Waals surface area contributed by atoms with E-state index in [1.807, 2.05) is 0 Å². The predicted molar refractivity (Wildman–Crippen MR) is 47.1 cm³/mol. The van der Waals surface area contributed by atoms with E-state index in [-0.39, 0.29) is 0 Å². The second kappa shape index (κ2) is 4.26. The Morgan fingerprint density at radius 3 is 2.44 bits per heavy atom. The Morgan fingerprint density at radius 2 is 2.06 bits per heavy atom. The highest BCUT2D eigenvalue weighted by Crippen LogP contribution is 2.28. The number of hydrogen-bond acceptors (Lipinski definition) is 4. The predicted octanol–water partition coefficient (Wildman–Crippen LogP) is 0.814. The van der Waals surface area contributed by atoms with Crippen LogP contribution in [0.2, 0.25) is 0 Å². The van der Waals surface area contributed by atoms with Crippen molar-refractivity contribution in [3.05, 3.63) is 17.6 Å². The summed E-state index contributed by atoms with van der Waals surface area (Å²) in [6.07, 6.45) is -3.27. The van der Waals surface area contributed by atoms with Crippen molar-refractivity contribution in [2.45, 2.75) is 11.5 Å². The summed E-state index contributed by atoms with van der Waals surface area (Å²) in [4.78, 5) is 2.93. The van der Waals surface area contributed by atoms with Crippen LogP contribution in [0, 0.1) is 5.82 Å². The van der Waals surface area contributed by atoms with Gasteiger partial charge in [0.25, 0.3) is 16.4 Å². The summed E-state index contributed by atoms with van der Waals surface area (Å²) in [7, 11) is -3.30. The zero-order valence-electron chi connectivity index (χ0n) is 7.95. The molecule has 0 radical (unpaired) electrons. The first-order valence-corrected chi connectivity index (χ1v) is 5.37. The second-order valence-corrected chi connectivity index (χ2v) is 4.22. The van der Waals surface area contributed by atoms with Crippen molar-refractivity contribution in [3.8, 4) is 5.75 Å². The molecule has 9 heteroatoms. The van der Waals surface area contributed by atoms with Crippen LogP contribution in [0.4, 0.5) is 13.2 Å². The highest BCUT2D eigenvalue weighted by atomic mass is 32.2. The average molecular weight is 256 g/mol. The minimum absolute atomic E-state index is 0.635. The molecular weight excluding hydrogens is 249 g/mol. The number of sulfonamides is 1. The number of hydrogen-bond donors (Lipinski definition) is 1. The summed E-state index contributed by atoms with van der Waals surface area (Å²) >= 11 is 0. The lowest BCUT2D eigenvalue weighted by atomic mass is 10.3. The third-order valence-corrected chi connectivity index (χ3v) is 2.44. The van der Waals surface area contributed by atoms with Crippen molar-refractivity contribution < 1.29 is 26.3 Å². The number of pyridine rings is 1. The van der Waals surface area contributed by atoms with Crippen molar-refractivity contribution in [2.75, 3.05) is 7.11 Å². The first kappa shape index (κ1) is 12.7. The Balaban J connectivity index is 3.53. The van der Waals surface area contributed by atoms with Crippen molar-refractivity contribution in [1.82, 2.24) is 4.98 Å². The fourth-order valence-corrected chi connectivity index (χ4v) is 1.44. The lowest BCUT2D eigenvalue weighted by Gasteiger charge is -2.08. The number of ether oxygens (including phenoxy) is 1. The SMILES string of the molecule is COc1cc(S(N)(=O)=O)nc(C(F)F)c1F. The third kappa shape index (κ3) is 2.42. The fourth-order valence-electron chi connectivity index (χ4n) is 0.941. The van der Waals surface area contributed by atoms with Crippen LogP contribution in [-0.4, -0.2) is 20.5 Å². The van der Waals surface area contributed by atoms with Gasteiger partial charge in [0.1, 0.15) is 5.69 Å². The largest absolute Gasteiger partial charge is 0.494 e. The van der Waals surface area contributed by atoms with Gasteiger partial charge in [-0.2, -0.15) is 0 Å². The molecule has 0 spiro atoms. The molecule has 0 aliphatic rings. The number of rotatable bonds is 3. The van der Waals surface area contributed by atoms with Crippen molar-refractivity contribution in [1.29, 1.82) is 0 Å². The lowest BCUT2D eigenvalue weighted by Crippen LogP contribution is -2.16. The van der Waals surface area contributed by atoms with Gasteiger partial charge in [0.2, 0.25) is 0 Å². The maximum atomic E-state index is 13.2. The number of nitrogens with two attached hydrogens (primary N) is 1. The maximum absolute atomic E-state index is 13.2. The smallest absolute Gasteiger partial charge is 0.283 e. The summed E-state index contributed by atoms with van der Waals surface area (Å²) in [6, 6.07) is 0.635. The molecule has 0 aliphatic carbocycles. The van der Waals surface area contributed by atoms with Gasteiger partial charge in [0.15, 0.2) is 16.6 Å². The van der Waals surface area contributed by atoms with Crippen LogP contribution in [0.3, 0.4) is 0 Å². The number of halogens is 3. The zero-order chi connectivity index (χ0) is 12.5. The van der Waals surface area contributed by atoms with E-state index in [1.54, 1.807) is 0 Å². The Hall–Kier alpha value is -1.35. The van der Waals surface area contributed by atoms with Crippen LogP contribution >= 0.6 is 0 Å². The number of primary sulfonamides is 1. The van der Waals surface area contributed by atoms with Gasteiger partial charge in [0.05, 0.1) is 7.11 Å². The monoisotopic (exact) mass is 256 g/mol. The molecule has 16 heavy (non-hydrogen) atoms. The van der Waals surface area contributed by atoms with Gasteiger partial charge in [-0.15, -0.1) is 0 Å². The Labute approximate surface area is 89.1 Å². The van der Waals surface area contributed by atoms with Crippen molar-refractivity contribution in [3.63, 3.8) is 0 Å². The minimum atomic E-state index is -4.30. The molecule has 1 aromatic heterocycles. The molecule has 0 aliphatic heterocycles. The Kier molecular flexibility index (Phi) is 3.38. The average Bonchev–Trinajstić information content (AvgIpc) is 2.15. The highest BCUT2D eigenvalue weighted by molar-refractivity contribution is 7.89. The molecule has 0 fully saturated rings. The minimum Gasteiger partial charge on any atom is -0.494 e. The molecule has 5 nitrogen and oxygen atoms in total. The van der Waals surface area contributed by atoms with Crippen LogP contribution in [0.1, 0.15) is 12.1 Å². The molecule has 0 atom stereocenters. The summed E-state index contributed by atoms with van der Waals surface area (Å²) in [5, 5.41) is 3.81. The van der Waals surface area contributed by atoms with Crippen LogP contribution in [-0.2, 0) is 10.0 Å². The van der Waals surface area contributed by atoms with Gasteiger partial charge in [-0.25, -0.2) is 31.7 Å². The molecule has 90 valence electrons. The lowest BCUT2D eigenvalue weighted by molar-refractivity contribution is 0.138. The molecule has 1 heterocycles. The van der Waals surface area contributed by atoms with E-state index in [0.717, 1.165) is 7.11 Å². The zero-order valence-corrected chi connectivity index (χ0v) is 8.76. The van der Waals surface area contributed by atoms with Crippen LogP contribution in [0.25, 0.3) is 0 Å². The standard InChI is InChI=1S/C7H7F3N2O3S/c1-15-3-2-4(16(11,13)14)12-6(5(3)8)7(9)10/h2,7H,1H3,(H2,11,13,14). The van der Waals surface area contributed by atoms with E-state index < -0.39 is 38.7 Å². The maximum Gasteiger partial charge on any atom is 0.283 e. The molecule has 0 saturated carbocycles. The van der Waals surface area contributed by atoms with Gasteiger partial charge in [-0.1, -0.05) is 0 Å². The third-order valence-electron chi connectivity index (χ3n) is 1.64. The highest BCUT2D eigenvalue weighted by Gasteiger charge is 2.24. The van der Waals surface area contributed by atoms with Gasteiger partial charge < -0.3 is 4.74 Å². The van der Waals surface area contributed by atoms with Gasteiger partial charge in [0, 0.05) is 6.07 Å². The molecule has 0 saturated heterocycles. The van der Waals surface area contributed by atoms with Gasteiger partial charge in [-0.05, 0) is 0 Å². The molecule has 1 aromatic rings. The summed E-state index contributed by atoms with van der Waals surface area (Å²) in [5.74, 6) is -2.07. The Bertz CT molecular complexity index is 504. The van der Waals surface area contributed by atoms with E-state index in [1.165, 1.54) is 0 Å². The van der Waals surface area contributed by atoms with Crippen LogP contribution < -0.4 is 9.88 Å². The number of nitrogens with zero attached hydrogens (tertiary/aromatic N) is 1. The molecule has 0 bridgehead atoms. The normalized spacial score (nSPS) is 11.9. The van der Waals surface area contributed by atoms with E-state index in [2.05, 4.69) is 14.9 Å². The van der Waals surface area contributed by atoms with E-state index >= 15 is 0 Å². The first-order chi connectivity index (χ1) is 7.27. The number of alkyl halides is 2. The van der Waals surface area contributed by atoms with Crippen LogP contribution in [0.5, 0.6) is 5.75 Å². The first-order valence-electron chi connectivity index (χ1n) is 3.82. The number of methoxy groups -OCH3 is 1. The van der Waals surface area contributed by atoms with Crippen molar-refractivity contribution in [2.24, 2.45) is 5.14 Å². The molecule has 0 unspecified atom stereocenters. The number of aromatic nitrogens is 1. The van der Waals surface area contributed by atoms with E-state index in [4.69, 9.17) is 0 Å². The summed E-state index contributed by atoms with van der Waals surface area (Å²) in [6.45, 7) is 0. The Morgan fingerprint density at radius 1 is 1.50 bits per heavy atom. The summed E-state index contributed by atoms with van der Waals surface area (Å²) < 4.78 is 64.0.